The maximum absolute atomic E-state index is 5.97. The van der Waals surface area contributed by atoms with Crippen LogP contribution in [0.5, 0.6) is 11.6 Å². The number of rotatable bonds is 3. The molecule has 0 aliphatic heterocycles. The summed E-state index contributed by atoms with van der Waals surface area (Å²) in [5, 5.41) is 1.00. The number of aromatic nitrogens is 2. The lowest BCUT2D eigenvalue weighted by atomic mass is 10.2. The van der Waals surface area contributed by atoms with Crippen molar-refractivity contribution < 1.29 is 4.74 Å². The van der Waals surface area contributed by atoms with Crippen LogP contribution < -0.4 is 4.74 Å². The molecular formula is C17H13ClN2O. The molecule has 21 heavy (non-hydrogen) atoms. The van der Waals surface area contributed by atoms with Gasteiger partial charge < -0.3 is 4.74 Å². The molecule has 0 saturated carbocycles. The van der Waals surface area contributed by atoms with Crippen LogP contribution in [0.4, 0.5) is 0 Å². The van der Waals surface area contributed by atoms with Gasteiger partial charge in [-0.1, -0.05) is 42.5 Å². The Hall–Kier alpha value is -2.39. The molecule has 0 amide bonds. The van der Waals surface area contributed by atoms with Gasteiger partial charge in [0.15, 0.2) is 0 Å². The molecule has 0 aliphatic rings. The van der Waals surface area contributed by atoms with E-state index in [-0.39, 0.29) is 5.28 Å². The third-order valence-corrected chi connectivity index (χ3v) is 3.18. The van der Waals surface area contributed by atoms with E-state index in [1.807, 2.05) is 67.6 Å². The predicted molar refractivity (Wildman–Crippen MR) is 85.8 cm³/mol. The van der Waals surface area contributed by atoms with Crippen molar-refractivity contribution in [1.82, 2.24) is 9.97 Å². The number of hydrogen-bond acceptors (Lipinski definition) is 3. The second-order valence-corrected chi connectivity index (χ2v) is 4.79. The van der Waals surface area contributed by atoms with E-state index in [9.17, 15) is 0 Å². The smallest absolute Gasteiger partial charge is 0.231 e. The fourth-order valence-corrected chi connectivity index (χ4v) is 2.26. The van der Waals surface area contributed by atoms with E-state index >= 15 is 0 Å². The number of nitrogens with zero attached hydrogens (tertiary/aromatic N) is 2. The summed E-state index contributed by atoms with van der Waals surface area (Å²) in [5.41, 5.74) is 1.75. The maximum atomic E-state index is 5.97. The van der Waals surface area contributed by atoms with Crippen molar-refractivity contribution in [3.63, 3.8) is 0 Å². The third kappa shape index (κ3) is 2.88. The summed E-state index contributed by atoms with van der Waals surface area (Å²) in [6, 6.07) is 15.4. The van der Waals surface area contributed by atoms with E-state index in [0.717, 1.165) is 22.2 Å². The molecule has 1 heterocycles. The molecule has 0 atom stereocenters. The van der Waals surface area contributed by atoms with Crippen molar-refractivity contribution >= 4 is 28.6 Å². The predicted octanol–water partition coefficient (Wildman–Crippen LogP) is 5.11. The summed E-state index contributed by atoms with van der Waals surface area (Å²) in [6.07, 6.45) is 3.95. The lowest BCUT2D eigenvalue weighted by Gasteiger charge is -2.10. The van der Waals surface area contributed by atoms with Gasteiger partial charge in [0.2, 0.25) is 11.2 Å². The first-order valence-electron chi connectivity index (χ1n) is 6.60. The van der Waals surface area contributed by atoms with E-state index in [1.54, 1.807) is 0 Å². The van der Waals surface area contributed by atoms with Crippen molar-refractivity contribution in [2.75, 3.05) is 0 Å². The minimum absolute atomic E-state index is 0.173. The molecule has 104 valence electrons. The standard InChI is InChI=1S/C17H13ClN2O/c1-2-7-12-8-3-6-11-15(12)21-16-13-9-4-5-10-14(13)19-17(18)20-16/h2-11H,1H3. The van der Waals surface area contributed by atoms with Gasteiger partial charge in [0.1, 0.15) is 5.75 Å². The van der Waals surface area contributed by atoms with Crippen molar-refractivity contribution in [2.24, 2.45) is 0 Å². The second-order valence-electron chi connectivity index (χ2n) is 4.45. The van der Waals surface area contributed by atoms with Gasteiger partial charge in [-0.3, -0.25) is 0 Å². The van der Waals surface area contributed by atoms with Crippen LogP contribution >= 0.6 is 11.6 Å². The van der Waals surface area contributed by atoms with Crippen LogP contribution in [0, 0.1) is 0 Å². The van der Waals surface area contributed by atoms with Gasteiger partial charge in [-0.25, -0.2) is 4.98 Å². The van der Waals surface area contributed by atoms with Gasteiger partial charge in [0.05, 0.1) is 10.9 Å². The van der Waals surface area contributed by atoms with Crippen molar-refractivity contribution in [1.29, 1.82) is 0 Å². The lowest BCUT2D eigenvalue weighted by molar-refractivity contribution is 0.467. The van der Waals surface area contributed by atoms with Crippen molar-refractivity contribution in [3.05, 3.63) is 65.5 Å². The van der Waals surface area contributed by atoms with Crippen LogP contribution in [0.15, 0.2) is 54.6 Å². The Labute approximate surface area is 127 Å². The van der Waals surface area contributed by atoms with Gasteiger partial charge in [-0.2, -0.15) is 4.98 Å². The third-order valence-electron chi connectivity index (χ3n) is 3.01. The van der Waals surface area contributed by atoms with Gasteiger partial charge in [-0.15, -0.1) is 0 Å². The van der Waals surface area contributed by atoms with Crippen LogP contribution in [-0.2, 0) is 0 Å². The highest BCUT2D eigenvalue weighted by molar-refractivity contribution is 6.28. The first-order valence-corrected chi connectivity index (χ1v) is 6.97. The lowest BCUT2D eigenvalue weighted by Crippen LogP contribution is -1.94. The number of para-hydroxylation sites is 2. The Bertz CT molecular complexity index is 815. The van der Waals surface area contributed by atoms with E-state index in [1.165, 1.54) is 0 Å². The quantitative estimate of drug-likeness (QED) is 0.630. The number of allylic oxidation sites excluding steroid dienone is 1. The molecule has 3 aromatic rings. The number of hydrogen-bond donors (Lipinski definition) is 0. The maximum Gasteiger partial charge on any atom is 0.231 e. The second kappa shape index (κ2) is 5.94. The molecule has 0 bridgehead atoms. The molecule has 1 aromatic heterocycles. The first-order chi connectivity index (χ1) is 10.3. The van der Waals surface area contributed by atoms with E-state index < -0.39 is 0 Å². The topological polar surface area (TPSA) is 35.0 Å². The van der Waals surface area contributed by atoms with Crippen molar-refractivity contribution in [3.8, 4) is 11.6 Å². The van der Waals surface area contributed by atoms with Gasteiger partial charge >= 0.3 is 0 Å². The van der Waals surface area contributed by atoms with Crippen LogP contribution in [-0.4, -0.2) is 9.97 Å². The van der Waals surface area contributed by atoms with E-state index in [4.69, 9.17) is 16.3 Å². The summed E-state index contributed by atoms with van der Waals surface area (Å²) in [7, 11) is 0. The average Bonchev–Trinajstić information content (AvgIpc) is 2.49. The van der Waals surface area contributed by atoms with Crippen molar-refractivity contribution in [2.45, 2.75) is 6.92 Å². The number of benzene rings is 2. The normalized spacial score (nSPS) is 11.1. The molecule has 0 unspecified atom stereocenters. The molecule has 0 saturated heterocycles. The Balaban J connectivity index is 2.10. The minimum atomic E-state index is 0.173. The summed E-state index contributed by atoms with van der Waals surface area (Å²) < 4.78 is 5.97. The van der Waals surface area contributed by atoms with Crippen LogP contribution in [0.25, 0.3) is 17.0 Å². The molecular weight excluding hydrogens is 284 g/mol. The van der Waals surface area contributed by atoms with Crippen LogP contribution in [0.2, 0.25) is 5.28 Å². The van der Waals surface area contributed by atoms with E-state index in [0.29, 0.717) is 5.88 Å². The average molecular weight is 297 g/mol. The molecule has 0 aliphatic carbocycles. The van der Waals surface area contributed by atoms with Gasteiger partial charge in [0, 0.05) is 5.56 Å². The summed E-state index contributed by atoms with van der Waals surface area (Å²) in [5.74, 6) is 1.19. The Kier molecular flexibility index (Phi) is 3.84. The summed E-state index contributed by atoms with van der Waals surface area (Å²) >= 11 is 5.97. The zero-order valence-corrected chi connectivity index (χ0v) is 12.2. The highest BCUT2D eigenvalue weighted by Crippen LogP contribution is 2.30. The van der Waals surface area contributed by atoms with E-state index in [2.05, 4.69) is 9.97 Å². The molecule has 0 spiro atoms. The summed E-state index contributed by atoms with van der Waals surface area (Å²) in [4.78, 5) is 8.40. The zero-order valence-electron chi connectivity index (χ0n) is 11.5. The molecule has 2 aromatic carbocycles. The molecule has 0 fully saturated rings. The number of fused-ring (bicyclic) bond motifs is 1. The molecule has 0 radical (unpaired) electrons. The molecule has 3 nitrogen and oxygen atoms in total. The van der Waals surface area contributed by atoms with Gasteiger partial charge in [-0.05, 0) is 36.7 Å². The Morgan fingerprint density at radius 1 is 1.00 bits per heavy atom. The largest absolute Gasteiger partial charge is 0.438 e. The molecule has 0 N–H and O–H groups in total. The fraction of sp³-hybridized carbons (Fsp3) is 0.0588. The van der Waals surface area contributed by atoms with Crippen LogP contribution in [0.1, 0.15) is 12.5 Å². The monoisotopic (exact) mass is 296 g/mol. The number of ether oxygens (including phenoxy) is 1. The minimum Gasteiger partial charge on any atom is -0.438 e. The highest BCUT2D eigenvalue weighted by Gasteiger charge is 2.10. The van der Waals surface area contributed by atoms with Gasteiger partial charge in [0.25, 0.3) is 0 Å². The summed E-state index contributed by atoms with van der Waals surface area (Å²) in [6.45, 7) is 1.97. The first kappa shape index (κ1) is 13.6. The molecule has 3 rings (SSSR count). The fourth-order valence-electron chi connectivity index (χ4n) is 2.09. The highest BCUT2D eigenvalue weighted by atomic mass is 35.5. The SMILES string of the molecule is CC=Cc1ccccc1Oc1nc(Cl)nc2ccccc12. The zero-order chi connectivity index (χ0) is 14.7. The Morgan fingerprint density at radius 2 is 1.76 bits per heavy atom. The Morgan fingerprint density at radius 3 is 2.62 bits per heavy atom. The number of halogens is 1. The van der Waals surface area contributed by atoms with Crippen LogP contribution in [0.3, 0.4) is 0 Å². The molecule has 4 heteroatoms.